The summed E-state index contributed by atoms with van der Waals surface area (Å²) in [5.74, 6) is -0.317. The zero-order valence-electron chi connectivity index (χ0n) is 11.0. The highest BCUT2D eigenvalue weighted by Gasteiger charge is 2.11. The van der Waals surface area contributed by atoms with Gasteiger partial charge in [-0.3, -0.25) is 0 Å². The van der Waals surface area contributed by atoms with Gasteiger partial charge in [-0.1, -0.05) is 24.3 Å². The number of rotatable bonds is 3. The summed E-state index contributed by atoms with van der Waals surface area (Å²) in [4.78, 5) is 0. The van der Waals surface area contributed by atoms with Gasteiger partial charge in [0.15, 0.2) is 0 Å². The van der Waals surface area contributed by atoms with Crippen molar-refractivity contribution in [2.45, 2.75) is 26.4 Å². The van der Waals surface area contributed by atoms with Crippen LogP contribution in [0.5, 0.6) is 0 Å². The van der Waals surface area contributed by atoms with Gasteiger partial charge in [0.05, 0.1) is 10.6 Å². The van der Waals surface area contributed by atoms with Gasteiger partial charge < -0.3 is 5.11 Å². The van der Waals surface area contributed by atoms with Crippen LogP contribution in [-0.2, 0) is 6.42 Å². The first kappa shape index (κ1) is 14.2. The number of aliphatic hydroxyl groups is 1. The van der Waals surface area contributed by atoms with Crippen LogP contribution >= 0.6 is 15.9 Å². The van der Waals surface area contributed by atoms with Gasteiger partial charge in [0.1, 0.15) is 5.82 Å². The average molecular weight is 323 g/mol. The summed E-state index contributed by atoms with van der Waals surface area (Å²) < 4.78 is 13.5. The van der Waals surface area contributed by atoms with E-state index in [4.69, 9.17) is 0 Å². The second-order valence-electron chi connectivity index (χ2n) is 4.81. The number of benzene rings is 2. The van der Waals surface area contributed by atoms with Crippen molar-refractivity contribution in [3.8, 4) is 0 Å². The van der Waals surface area contributed by atoms with E-state index in [0.29, 0.717) is 16.5 Å². The fourth-order valence-electron chi connectivity index (χ4n) is 1.99. The molecule has 0 aliphatic heterocycles. The molecule has 0 aliphatic carbocycles. The quantitative estimate of drug-likeness (QED) is 0.883. The first-order valence-electron chi connectivity index (χ1n) is 6.16. The fraction of sp³-hybridized carbons (Fsp3) is 0.250. The third kappa shape index (κ3) is 3.43. The Morgan fingerprint density at radius 1 is 1.11 bits per heavy atom. The van der Waals surface area contributed by atoms with Crippen LogP contribution in [0.2, 0.25) is 0 Å². The average Bonchev–Trinajstić information content (AvgIpc) is 2.37. The Hall–Kier alpha value is -1.19. The molecule has 0 fully saturated rings. The molecule has 2 rings (SSSR count). The number of hydrogen-bond donors (Lipinski definition) is 1. The zero-order valence-corrected chi connectivity index (χ0v) is 12.5. The van der Waals surface area contributed by atoms with Crippen LogP contribution in [0.25, 0.3) is 0 Å². The van der Waals surface area contributed by atoms with E-state index in [1.807, 2.05) is 6.07 Å². The van der Waals surface area contributed by atoms with Gasteiger partial charge >= 0.3 is 0 Å². The maximum atomic E-state index is 13.2. The Bertz CT molecular complexity index is 595. The van der Waals surface area contributed by atoms with Gasteiger partial charge in [0, 0.05) is 6.42 Å². The first-order valence-corrected chi connectivity index (χ1v) is 6.96. The zero-order chi connectivity index (χ0) is 14.0. The van der Waals surface area contributed by atoms with Crippen LogP contribution in [0.15, 0.2) is 40.9 Å². The van der Waals surface area contributed by atoms with E-state index in [0.717, 1.165) is 5.56 Å². The summed E-state index contributed by atoms with van der Waals surface area (Å²) in [6.45, 7) is 4.12. The molecule has 1 N–H and O–H groups in total. The Morgan fingerprint density at radius 2 is 1.84 bits per heavy atom. The molecular formula is C16H16BrFO. The number of aliphatic hydroxyl groups excluding tert-OH is 1. The second-order valence-corrected chi connectivity index (χ2v) is 5.67. The minimum atomic E-state index is -0.626. The molecule has 1 atom stereocenters. The standard InChI is InChI=1S/C16H16BrFO/c1-10-3-4-12(7-11(10)2)8-16(19)13-5-6-15(18)14(17)9-13/h3-7,9,16,19H,8H2,1-2H3. The summed E-state index contributed by atoms with van der Waals surface area (Å²) in [6.07, 6.45) is -0.0989. The lowest BCUT2D eigenvalue weighted by Crippen LogP contribution is -2.02. The van der Waals surface area contributed by atoms with Crippen LogP contribution in [0.4, 0.5) is 4.39 Å². The maximum Gasteiger partial charge on any atom is 0.137 e. The third-order valence-corrected chi connectivity index (χ3v) is 3.94. The molecule has 0 aliphatic rings. The van der Waals surface area contributed by atoms with Crippen LogP contribution < -0.4 is 0 Å². The van der Waals surface area contributed by atoms with E-state index in [1.165, 1.54) is 17.2 Å². The third-order valence-electron chi connectivity index (χ3n) is 3.33. The van der Waals surface area contributed by atoms with Crippen LogP contribution in [-0.4, -0.2) is 5.11 Å². The van der Waals surface area contributed by atoms with Gasteiger partial charge in [0.25, 0.3) is 0 Å². The van der Waals surface area contributed by atoms with Crippen molar-refractivity contribution in [3.63, 3.8) is 0 Å². The SMILES string of the molecule is Cc1ccc(CC(O)c2ccc(F)c(Br)c2)cc1C. The summed E-state index contributed by atoms with van der Waals surface area (Å²) >= 11 is 3.13. The molecule has 3 heteroatoms. The van der Waals surface area contributed by atoms with Gasteiger partial charge in [-0.15, -0.1) is 0 Å². The lowest BCUT2D eigenvalue weighted by molar-refractivity contribution is 0.178. The van der Waals surface area contributed by atoms with Crippen LogP contribution in [0.3, 0.4) is 0 Å². The van der Waals surface area contributed by atoms with Gasteiger partial charge in [-0.2, -0.15) is 0 Å². The Morgan fingerprint density at radius 3 is 2.47 bits per heavy atom. The van der Waals surface area contributed by atoms with E-state index >= 15 is 0 Å². The Kier molecular flexibility index (Phi) is 4.38. The molecule has 19 heavy (non-hydrogen) atoms. The Balaban J connectivity index is 2.17. The highest BCUT2D eigenvalue weighted by Crippen LogP contribution is 2.24. The molecule has 0 aromatic heterocycles. The molecular weight excluding hydrogens is 307 g/mol. The van der Waals surface area contributed by atoms with Crippen molar-refractivity contribution in [2.75, 3.05) is 0 Å². The molecule has 0 spiro atoms. The van der Waals surface area contributed by atoms with Crippen molar-refractivity contribution in [3.05, 3.63) is 68.9 Å². The topological polar surface area (TPSA) is 20.2 Å². The fourth-order valence-corrected chi connectivity index (χ4v) is 2.39. The van der Waals surface area contributed by atoms with Gasteiger partial charge in [-0.25, -0.2) is 4.39 Å². The smallest absolute Gasteiger partial charge is 0.137 e. The number of hydrogen-bond acceptors (Lipinski definition) is 1. The van der Waals surface area contributed by atoms with E-state index < -0.39 is 6.10 Å². The number of aryl methyl sites for hydroxylation is 2. The maximum absolute atomic E-state index is 13.2. The number of halogens is 2. The minimum Gasteiger partial charge on any atom is -0.388 e. The molecule has 1 nitrogen and oxygen atoms in total. The van der Waals surface area contributed by atoms with Crippen molar-refractivity contribution >= 4 is 15.9 Å². The molecule has 2 aromatic rings. The predicted octanol–water partition coefficient (Wildman–Crippen LogP) is 4.48. The highest BCUT2D eigenvalue weighted by molar-refractivity contribution is 9.10. The van der Waals surface area contributed by atoms with E-state index in [2.05, 4.69) is 41.9 Å². The Labute approximate surface area is 121 Å². The van der Waals surface area contributed by atoms with Crippen LogP contribution in [0.1, 0.15) is 28.4 Å². The summed E-state index contributed by atoms with van der Waals surface area (Å²) in [5.41, 5.74) is 4.25. The molecule has 0 saturated heterocycles. The molecule has 0 radical (unpaired) electrons. The molecule has 2 aromatic carbocycles. The van der Waals surface area contributed by atoms with E-state index in [9.17, 15) is 9.50 Å². The van der Waals surface area contributed by atoms with Crippen molar-refractivity contribution < 1.29 is 9.50 Å². The van der Waals surface area contributed by atoms with E-state index in [1.54, 1.807) is 12.1 Å². The monoisotopic (exact) mass is 322 g/mol. The molecule has 0 bridgehead atoms. The van der Waals surface area contributed by atoms with Gasteiger partial charge in [-0.05, 0) is 64.2 Å². The van der Waals surface area contributed by atoms with Gasteiger partial charge in [0.2, 0.25) is 0 Å². The summed E-state index contributed by atoms with van der Waals surface area (Å²) in [5, 5.41) is 10.2. The highest BCUT2D eigenvalue weighted by atomic mass is 79.9. The van der Waals surface area contributed by atoms with Crippen LogP contribution in [0, 0.1) is 19.7 Å². The molecule has 1 unspecified atom stereocenters. The lowest BCUT2D eigenvalue weighted by atomic mass is 9.98. The van der Waals surface area contributed by atoms with Crippen molar-refractivity contribution in [1.82, 2.24) is 0 Å². The molecule has 0 amide bonds. The van der Waals surface area contributed by atoms with Crippen molar-refractivity contribution in [1.29, 1.82) is 0 Å². The normalized spacial score (nSPS) is 12.5. The molecule has 0 saturated carbocycles. The summed E-state index contributed by atoms with van der Waals surface area (Å²) in [7, 11) is 0. The second kappa shape index (κ2) is 5.85. The summed E-state index contributed by atoms with van der Waals surface area (Å²) in [6, 6.07) is 10.8. The van der Waals surface area contributed by atoms with Crippen molar-refractivity contribution in [2.24, 2.45) is 0 Å². The lowest BCUT2D eigenvalue weighted by Gasteiger charge is -2.13. The predicted molar refractivity (Wildman–Crippen MR) is 78.7 cm³/mol. The molecule has 100 valence electrons. The van der Waals surface area contributed by atoms with E-state index in [-0.39, 0.29) is 5.82 Å². The first-order chi connectivity index (χ1) is 8.97. The minimum absolute atomic E-state index is 0.317. The largest absolute Gasteiger partial charge is 0.388 e. The molecule has 0 heterocycles.